The average Bonchev–Trinajstić information content (AvgIpc) is 3.10. The molecule has 3 aromatic rings. The van der Waals surface area contributed by atoms with E-state index in [1.54, 1.807) is 6.07 Å². The topological polar surface area (TPSA) is 41.3 Å². The summed E-state index contributed by atoms with van der Waals surface area (Å²) in [5, 5.41) is 10.5. The van der Waals surface area contributed by atoms with E-state index in [-0.39, 0.29) is 12.7 Å². The molecule has 5 heteroatoms. The summed E-state index contributed by atoms with van der Waals surface area (Å²) in [5.74, 6) is 1.93. The first-order valence-corrected chi connectivity index (χ1v) is 9.62. The number of anilines is 1. The fourth-order valence-corrected chi connectivity index (χ4v) is 4.31. The van der Waals surface area contributed by atoms with Crippen LogP contribution in [0.3, 0.4) is 0 Å². The SMILES string of the molecule is CC(C)c1cccc(C(C)C)c1B1N(C)c2cccc(O)c2-c2nccn21. The van der Waals surface area contributed by atoms with Crippen LogP contribution in [0.5, 0.6) is 5.75 Å². The minimum absolute atomic E-state index is 0.00722. The molecule has 0 fully saturated rings. The van der Waals surface area contributed by atoms with Gasteiger partial charge in [0.05, 0.1) is 5.56 Å². The van der Waals surface area contributed by atoms with Gasteiger partial charge in [-0.25, -0.2) is 4.98 Å². The van der Waals surface area contributed by atoms with E-state index in [4.69, 9.17) is 0 Å². The van der Waals surface area contributed by atoms with Gasteiger partial charge >= 0.3 is 6.98 Å². The van der Waals surface area contributed by atoms with Gasteiger partial charge in [-0.1, -0.05) is 52.0 Å². The summed E-state index contributed by atoms with van der Waals surface area (Å²) in [5.41, 5.74) is 5.88. The predicted molar refractivity (Wildman–Crippen MR) is 113 cm³/mol. The Bertz CT molecular complexity index is 967. The number of nitrogens with zero attached hydrogens (tertiary/aromatic N) is 3. The molecule has 0 spiro atoms. The van der Waals surface area contributed by atoms with Crippen LogP contribution in [-0.2, 0) is 0 Å². The molecule has 4 rings (SSSR count). The number of fused-ring (bicyclic) bond motifs is 3. The van der Waals surface area contributed by atoms with Crippen molar-refractivity contribution in [2.75, 3.05) is 11.9 Å². The number of hydrogen-bond acceptors (Lipinski definition) is 3. The van der Waals surface area contributed by atoms with E-state index in [1.807, 2.05) is 18.5 Å². The van der Waals surface area contributed by atoms with E-state index in [2.05, 4.69) is 73.3 Å². The highest BCUT2D eigenvalue weighted by Gasteiger charge is 2.39. The Balaban J connectivity index is 2.03. The van der Waals surface area contributed by atoms with Gasteiger partial charge in [-0.3, -0.25) is 0 Å². The maximum absolute atomic E-state index is 10.5. The fourth-order valence-electron chi connectivity index (χ4n) is 4.31. The summed E-state index contributed by atoms with van der Waals surface area (Å²) in [6.45, 7) is 9.01. The lowest BCUT2D eigenvalue weighted by molar-refractivity contribution is 0.477. The molecule has 1 N–H and O–H groups in total. The lowest BCUT2D eigenvalue weighted by Gasteiger charge is -2.37. The third-order valence-corrected chi connectivity index (χ3v) is 5.60. The molecule has 0 atom stereocenters. The molecular formula is C22H26BN3O. The molecule has 0 saturated carbocycles. The second-order valence-corrected chi connectivity index (χ2v) is 7.97. The molecule has 2 heterocycles. The molecule has 0 saturated heterocycles. The van der Waals surface area contributed by atoms with Crippen LogP contribution >= 0.6 is 0 Å². The lowest BCUT2D eigenvalue weighted by Crippen LogP contribution is -2.56. The van der Waals surface area contributed by atoms with Gasteiger partial charge in [-0.2, -0.15) is 0 Å². The second kappa shape index (κ2) is 6.48. The molecular weight excluding hydrogens is 333 g/mol. The molecule has 27 heavy (non-hydrogen) atoms. The van der Waals surface area contributed by atoms with Crippen LogP contribution < -0.4 is 10.3 Å². The minimum atomic E-state index is 0.00722. The molecule has 0 aliphatic carbocycles. The van der Waals surface area contributed by atoms with E-state index in [0.29, 0.717) is 11.8 Å². The Morgan fingerprint density at radius 1 is 0.963 bits per heavy atom. The molecule has 0 amide bonds. The first-order chi connectivity index (χ1) is 12.9. The van der Waals surface area contributed by atoms with Crippen molar-refractivity contribution >= 4 is 18.1 Å². The quantitative estimate of drug-likeness (QED) is 0.713. The number of imidazole rings is 1. The van der Waals surface area contributed by atoms with Crippen molar-refractivity contribution in [3.8, 4) is 17.1 Å². The van der Waals surface area contributed by atoms with Crippen molar-refractivity contribution in [2.45, 2.75) is 39.5 Å². The van der Waals surface area contributed by atoms with Crippen molar-refractivity contribution in [2.24, 2.45) is 0 Å². The normalized spacial score (nSPS) is 13.3. The first kappa shape index (κ1) is 17.7. The Labute approximate surface area is 161 Å². The van der Waals surface area contributed by atoms with Crippen molar-refractivity contribution in [3.05, 3.63) is 59.9 Å². The number of aromatic hydroxyl groups is 1. The van der Waals surface area contributed by atoms with Crippen LogP contribution in [0, 0.1) is 0 Å². The number of hydrogen-bond donors (Lipinski definition) is 1. The zero-order chi connectivity index (χ0) is 19.3. The fraction of sp³-hybridized carbons (Fsp3) is 0.318. The van der Waals surface area contributed by atoms with Crippen LogP contribution in [0.4, 0.5) is 5.69 Å². The third kappa shape index (κ3) is 2.64. The van der Waals surface area contributed by atoms with Crippen LogP contribution in [-0.4, -0.2) is 28.6 Å². The number of phenols is 1. The van der Waals surface area contributed by atoms with E-state index in [1.165, 1.54) is 16.6 Å². The second-order valence-electron chi connectivity index (χ2n) is 7.97. The van der Waals surface area contributed by atoms with Gasteiger partial charge in [0.2, 0.25) is 0 Å². The first-order valence-electron chi connectivity index (χ1n) is 9.62. The standard InChI is InChI=1S/C22H26BN3O/c1-14(2)16-8-6-9-17(15(3)4)21(16)23-25(5)18-10-7-11-19(27)20(18)22-24-12-13-26(22)23/h6-15,27H,1-5H3. The highest BCUT2D eigenvalue weighted by molar-refractivity contribution is 6.77. The summed E-state index contributed by atoms with van der Waals surface area (Å²) in [7, 11) is 2.10. The summed E-state index contributed by atoms with van der Waals surface area (Å²) in [6.07, 6.45) is 3.85. The van der Waals surface area contributed by atoms with Crippen molar-refractivity contribution in [1.82, 2.24) is 9.46 Å². The van der Waals surface area contributed by atoms with Gasteiger partial charge in [0, 0.05) is 18.1 Å². The molecule has 138 valence electrons. The van der Waals surface area contributed by atoms with Crippen LogP contribution in [0.2, 0.25) is 0 Å². The summed E-state index contributed by atoms with van der Waals surface area (Å²) < 4.78 is 2.19. The largest absolute Gasteiger partial charge is 0.507 e. The Hall–Kier alpha value is -2.69. The Morgan fingerprint density at radius 2 is 1.59 bits per heavy atom. The van der Waals surface area contributed by atoms with Crippen molar-refractivity contribution < 1.29 is 5.11 Å². The lowest BCUT2D eigenvalue weighted by atomic mass is 9.58. The van der Waals surface area contributed by atoms with E-state index >= 15 is 0 Å². The molecule has 0 unspecified atom stereocenters. The van der Waals surface area contributed by atoms with Crippen molar-refractivity contribution in [3.63, 3.8) is 0 Å². The maximum Gasteiger partial charge on any atom is 0.417 e. The van der Waals surface area contributed by atoms with Gasteiger partial charge in [0.15, 0.2) is 0 Å². The average molecular weight is 359 g/mol. The van der Waals surface area contributed by atoms with E-state index < -0.39 is 0 Å². The van der Waals surface area contributed by atoms with E-state index in [9.17, 15) is 5.11 Å². The summed E-state index contributed by atoms with van der Waals surface area (Å²) in [4.78, 5) is 6.86. The number of aromatic nitrogens is 2. The zero-order valence-corrected chi connectivity index (χ0v) is 16.6. The summed E-state index contributed by atoms with van der Waals surface area (Å²) >= 11 is 0. The highest BCUT2D eigenvalue weighted by Crippen LogP contribution is 2.41. The van der Waals surface area contributed by atoms with Crippen LogP contribution in [0.1, 0.15) is 50.7 Å². The monoisotopic (exact) mass is 359 g/mol. The number of phenolic OH excluding ortho intramolecular Hbond substituents is 1. The molecule has 0 radical (unpaired) electrons. The molecule has 2 aromatic carbocycles. The molecule has 4 nitrogen and oxygen atoms in total. The summed E-state index contributed by atoms with van der Waals surface area (Å²) in [6, 6.07) is 12.4. The predicted octanol–water partition coefficient (Wildman–Crippen LogP) is 4.20. The maximum atomic E-state index is 10.5. The third-order valence-electron chi connectivity index (χ3n) is 5.60. The zero-order valence-electron chi connectivity index (χ0n) is 16.6. The van der Waals surface area contributed by atoms with Crippen LogP contribution in [0.15, 0.2) is 48.8 Å². The number of benzene rings is 2. The number of rotatable bonds is 3. The Kier molecular flexibility index (Phi) is 4.25. The van der Waals surface area contributed by atoms with Gasteiger partial charge in [0.25, 0.3) is 0 Å². The van der Waals surface area contributed by atoms with Crippen molar-refractivity contribution in [1.29, 1.82) is 0 Å². The molecule has 1 aliphatic rings. The molecule has 0 bridgehead atoms. The van der Waals surface area contributed by atoms with Crippen LogP contribution in [0.25, 0.3) is 11.4 Å². The van der Waals surface area contributed by atoms with E-state index in [0.717, 1.165) is 17.1 Å². The Morgan fingerprint density at radius 3 is 2.22 bits per heavy atom. The van der Waals surface area contributed by atoms with Gasteiger partial charge in [0.1, 0.15) is 11.6 Å². The van der Waals surface area contributed by atoms with Gasteiger partial charge in [-0.15, -0.1) is 0 Å². The minimum Gasteiger partial charge on any atom is -0.507 e. The highest BCUT2D eigenvalue weighted by atomic mass is 16.3. The smallest absolute Gasteiger partial charge is 0.417 e. The van der Waals surface area contributed by atoms with Gasteiger partial charge < -0.3 is 14.4 Å². The van der Waals surface area contributed by atoms with Gasteiger partial charge in [-0.05, 0) is 47.6 Å². The molecule has 1 aliphatic heterocycles. The molecule has 1 aromatic heterocycles.